The molecule has 6 nitrogen and oxygen atoms in total. The van der Waals surface area contributed by atoms with Crippen LogP contribution >= 0.6 is 0 Å². The van der Waals surface area contributed by atoms with Crippen molar-refractivity contribution in [3.05, 3.63) is 0 Å². The summed E-state index contributed by atoms with van der Waals surface area (Å²) >= 11 is 0. The first-order valence-electron chi connectivity index (χ1n) is 6.87. The predicted octanol–water partition coefficient (Wildman–Crippen LogP) is 1.94. The lowest BCUT2D eigenvalue weighted by Crippen LogP contribution is -2.29. The standard InChI is InChI=1S/C14H23N5O/c1-7-14(5,6)20-13-17-11(15-8-2)16-12(18-13)19(9-3)10-4/h1H,8-10H2,2-6H3,(H,15,16,17,18). The highest BCUT2D eigenvalue weighted by Gasteiger charge is 2.20. The Balaban J connectivity index is 3.14. The third-order valence-corrected chi connectivity index (χ3v) is 2.68. The van der Waals surface area contributed by atoms with Gasteiger partial charge in [-0.1, -0.05) is 5.92 Å². The van der Waals surface area contributed by atoms with E-state index in [-0.39, 0.29) is 6.01 Å². The van der Waals surface area contributed by atoms with Gasteiger partial charge in [-0.15, -0.1) is 6.42 Å². The van der Waals surface area contributed by atoms with Gasteiger partial charge in [-0.25, -0.2) is 0 Å². The van der Waals surface area contributed by atoms with Crippen molar-refractivity contribution in [3.63, 3.8) is 0 Å². The van der Waals surface area contributed by atoms with E-state index in [2.05, 4.69) is 26.2 Å². The van der Waals surface area contributed by atoms with Crippen molar-refractivity contribution in [2.45, 2.75) is 40.2 Å². The SMILES string of the molecule is C#CC(C)(C)Oc1nc(NCC)nc(N(CC)CC)n1. The van der Waals surface area contributed by atoms with Gasteiger partial charge < -0.3 is 15.0 Å². The number of ether oxygens (including phenoxy) is 1. The minimum absolute atomic E-state index is 0.237. The van der Waals surface area contributed by atoms with Crippen LogP contribution < -0.4 is 15.0 Å². The Kier molecular flexibility index (Phi) is 5.56. The largest absolute Gasteiger partial charge is 0.444 e. The average molecular weight is 277 g/mol. The smallest absolute Gasteiger partial charge is 0.324 e. The number of terminal acetylenes is 1. The lowest BCUT2D eigenvalue weighted by atomic mass is 10.2. The molecule has 1 aromatic rings. The van der Waals surface area contributed by atoms with E-state index in [1.807, 2.05) is 25.7 Å². The molecule has 110 valence electrons. The monoisotopic (exact) mass is 277 g/mol. The van der Waals surface area contributed by atoms with Crippen LogP contribution in [0.15, 0.2) is 0 Å². The molecule has 6 heteroatoms. The van der Waals surface area contributed by atoms with Gasteiger partial charge in [-0.2, -0.15) is 15.0 Å². The van der Waals surface area contributed by atoms with Gasteiger partial charge in [0.15, 0.2) is 5.60 Å². The van der Waals surface area contributed by atoms with Crippen LogP contribution in [0.5, 0.6) is 6.01 Å². The van der Waals surface area contributed by atoms with Crippen molar-refractivity contribution in [1.82, 2.24) is 15.0 Å². The number of anilines is 2. The summed E-state index contributed by atoms with van der Waals surface area (Å²) in [7, 11) is 0. The second kappa shape index (κ2) is 6.94. The summed E-state index contributed by atoms with van der Waals surface area (Å²) in [6, 6.07) is 0.237. The minimum Gasteiger partial charge on any atom is -0.444 e. The zero-order chi connectivity index (χ0) is 15.2. The maximum atomic E-state index is 5.65. The van der Waals surface area contributed by atoms with Gasteiger partial charge in [0.2, 0.25) is 11.9 Å². The highest BCUT2D eigenvalue weighted by Crippen LogP contribution is 2.18. The third-order valence-electron chi connectivity index (χ3n) is 2.68. The zero-order valence-electron chi connectivity index (χ0n) is 12.9. The first kappa shape index (κ1) is 16.0. The fraction of sp³-hybridized carbons (Fsp3) is 0.643. The van der Waals surface area contributed by atoms with Crippen molar-refractivity contribution in [1.29, 1.82) is 0 Å². The molecule has 1 rings (SSSR count). The fourth-order valence-electron chi connectivity index (χ4n) is 1.53. The van der Waals surface area contributed by atoms with Crippen molar-refractivity contribution >= 4 is 11.9 Å². The third kappa shape index (κ3) is 4.26. The zero-order valence-corrected chi connectivity index (χ0v) is 12.9. The van der Waals surface area contributed by atoms with Gasteiger partial charge in [-0.3, -0.25) is 0 Å². The number of rotatable bonds is 7. The fourth-order valence-corrected chi connectivity index (χ4v) is 1.53. The van der Waals surface area contributed by atoms with Crippen LogP contribution in [0.1, 0.15) is 34.6 Å². The number of nitrogens with zero attached hydrogens (tertiary/aromatic N) is 4. The molecule has 1 N–H and O–H groups in total. The summed E-state index contributed by atoms with van der Waals surface area (Å²) in [5, 5.41) is 3.07. The van der Waals surface area contributed by atoms with E-state index in [0.29, 0.717) is 11.9 Å². The highest BCUT2D eigenvalue weighted by molar-refractivity contribution is 5.38. The maximum absolute atomic E-state index is 5.65. The first-order valence-corrected chi connectivity index (χ1v) is 6.87. The molecule has 0 radical (unpaired) electrons. The van der Waals surface area contributed by atoms with E-state index in [4.69, 9.17) is 11.2 Å². The van der Waals surface area contributed by atoms with Gasteiger partial charge in [0, 0.05) is 19.6 Å². The summed E-state index contributed by atoms with van der Waals surface area (Å²) in [5.74, 6) is 3.64. The van der Waals surface area contributed by atoms with E-state index in [1.54, 1.807) is 13.8 Å². The summed E-state index contributed by atoms with van der Waals surface area (Å²) in [4.78, 5) is 15.0. The molecule has 0 aliphatic carbocycles. The Bertz CT molecular complexity index is 477. The lowest BCUT2D eigenvalue weighted by Gasteiger charge is -2.22. The molecule has 0 fully saturated rings. The quantitative estimate of drug-likeness (QED) is 0.768. The molecular weight excluding hydrogens is 254 g/mol. The van der Waals surface area contributed by atoms with Crippen LogP contribution in [0.3, 0.4) is 0 Å². The molecule has 1 heterocycles. The van der Waals surface area contributed by atoms with Gasteiger partial charge in [0.1, 0.15) is 0 Å². The number of aromatic nitrogens is 3. The summed E-state index contributed by atoms with van der Waals surface area (Å²) in [6.07, 6.45) is 5.43. The van der Waals surface area contributed by atoms with Crippen molar-refractivity contribution in [2.75, 3.05) is 29.9 Å². The van der Waals surface area contributed by atoms with Crippen LogP contribution in [0.4, 0.5) is 11.9 Å². The van der Waals surface area contributed by atoms with Gasteiger partial charge in [-0.05, 0) is 34.6 Å². The van der Waals surface area contributed by atoms with Crippen molar-refractivity contribution in [3.8, 4) is 18.4 Å². The van der Waals surface area contributed by atoms with E-state index in [9.17, 15) is 0 Å². The number of hydrogen-bond donors (Lipinski definition) is 1. The average Bonchev–Trinajstić information content (AvgIpc) is 2.40. The molecule has 0 saturated heterocycles. The lowest BCUT2D eigenvalue weighted by molar-refractivity contribution is 0.156. The Morgan fingerprint density at radius 2 is 1.85 bits per heavy atom. The molecule has 0 amide bonds. The van der Waals surface area contributed by atoms with Crippen LogP contribution in [0.25, 0.3) is 0 Å². The summed E-state index contributed by atoms with van der Waals surface area (Å²) in [6.45, 7) is 12.0. The van der Waals surface area contributed by atoms with Crippen LogP contribution in [0.2, 0.25) is 0 Å². The van der Waals surface area contributed by atoms with Gasteiger partial charge in [0.25, 0.3) is 0 Å². The molecule has 0 aliphatic rings. The Morgan fingerprint density at radius 3 is 2.35 bits per heavy atom. The normalized spacial score (nSPS) is 10.8. The molecule has 20 heavy (non-hydrogen) atoms. The Labute approximate surface area is 121 Å². The highest BCUT2D eigenvalue weighted by atomic mass is 16.5. The van der Waals surface area contributed by atoms with Crippen LogP contribution in [-0.2, 0) is 0 Å². The van der Waals surface area contributed by atoms with Crippen molar-refractivity contribution in [2.24, 2.45) is 0 Å². The molecule has 0 spiro atoms. The molecule has 0 unspecified atom stereocenters. The van der Waals surface area contributed by atoms with E-state index >= 15 is 0 Å². The Morgan fingerprint density at radius 1 is 1.20 bits per heavy atom. The number of hydrogen-bond acceptors (Lipinski definition) is 6. The van der Waals surface area contributed by atoms with Gasteiger partial charge >= 0.3 is 6.01 Å². The predicted molar refractivity (Wildman–Crippen MR) is 81.1 cm³/mol. The first-order chi connectivity index (χ1) is 9.45. The topological polar surface area (TPSA) is 63.2 Å². The van der Waals surface area contributed by atoms with Crippen LogP contribution in [0, 0.1) is 12.3 Å². The number of nitrogens with one attached hydrogen (secondary N) is 1. The maximum Gasteiger partial charge on any atom is 0.324 e. The second-order valence-electron chi connectivity index (χ2n) is 4.70. The van der Waals surface area contributed by atoms with E-state index in [0.717, 1.165) is 19.6 Å². The summed E-state index contributed by atoms with van der Waals surface area (Å²) < 4.78 is 5.65. The van der Waals surface area contributed by atoms with Crippen molar-refractivity contribution < 1.29 is 4.74 Å². The molecular formula is C14H23N5O. The summed E-state index contributed by atoms with van der Waals surface area (Å²) in [5.41, 5.74) is -0.759. The molecule has 0 aromatic carbocycles. The molecule has 0 bridgehead atoms. The molecule has 0 aliphatic heterocycles. The molecule has 1 aromatic heterocycles. The van der Waals surface area contributed by atoms with Crippen LogP contribution in [-0.4, -0.2) is 40.2 Å². The molecule has 0 saturated carbocycles. The van der Waals surface area contributed by atoms with Gasteiger partial charge in [0.05, 0.1) is 0 Å². The second-order valence-corrected chi connectivity index (χ2v) is 4.70. The van der Waals surface area contributed by atoms with E-state index < -0.39 is 5.60 Å². The van der Waals surface area contributed by atoms with E-state index in [1.165, 1.54) is 0 Å². The Hall–Kier alpha value is -2.03. The molecule has 0 atom stereocenters. The minimum atomic E-state index is -0.759.